The second kappa shape index (κ2) is 4.17. The molecule has 1 atom stereocenters. The molecule has 1 aliphatic heterocycles. The first-order chi connectivity index (χ1) is 8.33. The summed E-state index contributed by atoms with van der Waals surface area (Å²) in [6.45, 7) is 4.99. The van der Waals surface area contributed by atoms with Crippen molar-refractivity contribution >= 4 is 5.95 Å². The van der Waals surface area contributed by atoms with Crippen LogP contribution in [0.15, 0.2) is 12.3 Å². The molecule has 7 heteroatoms. The van der Waals surface area contributed by atoms with Gasteiger partial charge >= 0.3 is 0 Å². The second-order valence-electron chi connectivity index (χ2n) is 4.26. The van der Waals surface area contributed by atoms with Crippen molar-refractivity contribution in [1.82, 2.24) is 30.7 Å². The first kappa shape index (κ1) is 10.3. The minimum atomic E-state index is 0.470. The van der Waals surface area contributed by atoms with E-state index in [1.165, 1.54) is 0 Å². The molecule has 2 aromatic heterocycles. The topological polar surface area (TPSA) is 85.5 Å². The summed E-state index contributed by atoms with van der Waals surface area (Å²) in [4.78, 5) is 6.65. The van der Waals surface area contributed by atoms with E-state index in [0.29, 0.717) is 6.04 Å². The fraction of sp³-hybridized carbons (Fsp3) is 0.500. The Morgan fingerprint density at radius 2 is 2.35 bits per heavy atom. The average Bonchev–Trinajstić information content (AvgIpc) is 3.00. The zero-order chi connectivity index (χ0) is 11.7. The van der Waals surface area contributed by atoms with E-state index in [4.69, 9.17) is 0 Å². The van der Waals surface area contributed by atoms with Gasteiger partial charge in [0.25, 0.3) is 0 Å². The Bertz CT molecular complexity index is 475. The molecule has 1 aliphatic rings. The number of hydrogen-bond acceptors (Lipinski definition) is 5. The van der Waals surface area contributed by atoms with Gasteiger partial charge in [0.05, 0.1) is 0 Å². The maximum atomic E-state index is 4.47. The molecule has 1 fully saturated rings. The van der Waals surface area contributed by atoms with Crippen LogP contribution in [0.4, 0.5) is 5.95 Å². The molecule has 3 rings (SSSR count). The molecular formula is C10H15N7. The molecular weight excluding hydrogens is 218 g/mol. The van der Waals surface area contributed by atoms with E-state index in [-0.39, 0.29) is 0 Å². The molecule has 3 heterocycles. The first-order valence-electron chi connectivity index (χ1n) is 5.73. The number of hydrogen-bond donors (Lipinski definition) is 3. The Morgan fingerprint density at radius 3 is 3.12 bits per heavy atom. The number of piperazine rings is 1. The summed E-state index contributed by atoms with van der Waals surface area (Å²) in [6, 6.07) is 2.34. The standard InChI is InChI=1S/C10H15N7/c1-7-6-17(5-4-11-7)10-13-9(15-16-10)8-2-3-12-14-8/h2-3,7,11H,4-6H2,1H3,(H,12,14)(H,13,15,16)/t7-/m1/s1. The van der Waals surface area contributed by atoms with Crippen LogP contribution in [0, 0.1) is 0 Å². The van der Waals surface area contributed by atoms with Gasteiger partial charge in [-0.15, -0.1) is 5.10 Å². The van der Waals surface area contributed by atoms with E-state index in [1.54, 1.807) is 6.20 Å². The Balaban J connectivity index is 1.80. The molecule has 0 aliphatic carbocycles. The molecule has 0 aromatic carbocycles. The minimum Gasteiger partial charge on any atom is -0.337 e. The van der Waals surface area contributed by atoms with Gasteiger partial charge in [-0.3, -0.25) is 10.2 Å². The van der Waals surface area contributed by atoms with E-state index in [9.17, 15) is 0 Å². The van der Waals surface area contributed by atoms with Gasteiger partial charge in [-0.05, 0) is 13.0 Å². The fourth-order valence-electron chi connectivity index (χ4n) is 2.02. The van der Waals surface area contributed by atoms with Crippen molar-refractivity contribution < 1.29 is 0 Å². The molecule has 90 valence electrons. The zero-order valence-corrected chi connectivity index (χ0v) is 9.64. The lowest BCUT2D eigenvalue weighted by atomic mass is 10.2. The van der Waals surface area contributed by atoms with Gasteiger partial charge in [-0.25, -0.2) is 0 Å². The van der Waals surface area contributed by atoms with Crippen molar-refractivity contribution in [2.75, 3.05) is 24.5 Å². The summed E-state index contributed by atoms with van der Waals surface area (Å²) in [7, 11) is 0. The number of anilines is 1. The monoisotopic (exact) mass is 233 g/mol. The average molecular weight is 233 g/mol. The molecule has 0 saturated carbocycles. The van der Waals surface area contributed by atoms with Gasteiger partial charge in [0, 0.05) is 31.9 Å². The van der Waals surface area contributed by atoms with Crippen LogP contribution in [-0.4, -0.2) is 51.1 Å². The van der Waals surface area contributed by atoms with Crippen molar-refractivity contribution in [1.29, 1.82) is 0 Å². The highest BCUT2D eigenvalue weighted by molar-refractivity contribution is 5.50. The maximum Gasteiger partial charge on any atom is 0.245 e. The van der Waals surface area contributed by atoms with E-state index in [2.05, 4.69) is 42.5 Å². The molecule has 7 nitrogen and oxygen atoms in total. The number of nitrogens with zero attached hydrogens (tertiary/aromatic N) is 4. The molecule has 3 N–H and O–H groups in total. The number of H-pyrrole nitrogens is 2. The largest absolute Gasteiger partial charge is 0.337 e. The summed E-state index contributed by atoms with van der Waals surface area (Å²) >= 11 is 0. The van der Waals surface area contributed by atoms with E-state index >= 15 is 0 Å². The van der Waals surface area contributed by atoms with Gasteiger partial charge in [-0.1, -0.05) is 0 Å². The number of aromatic nitrogens is 5. The molecule has 17 heavy (non-hydrogen) atoms. The van der Waals surface area contributed by atoms with Gasteiger partial charge in [0.1, 0.15) is 5.69 Å². The predicted molar refractivity (Wildman–Crippen MR) is 63.6 cm³/mol. The first-order valence-corrected chi connectivity index (χ1v) is 5.73. The third kappa shape index (κ3) is 2.01. The number of aromatic amines is 2. The highest BCUT2D eigenvalue weighted by atomic mass is 15.4. The predicted octanol–water partition coefficient (Wildman–Crippen LogP) is -0.00710. The van der Waals surface area contributed by atoms with Gasteiger partial charge in [-0.2, -0.15) is 10.1 Å². The summed E-state index contributed by atoms with van der Waals surface area (Å²) in [5.41, 5.74) is 0.854. The van der Waals surface area contributed by atoms with Crippen molar-refractivity contribution in [3.8, 4) is 11.5 Å². The highest BCUT2D eigenvalue weighted by Crippen LogP contribution is 2.15. The lowest BCUT2D eigenvalue weighted by Crippen LogP contribution is -2.49. The zero-order valence-electron chi connectivity index (χ0n) is 9.64. The summed E-state index contributed by atoms with van der Waals surface area (Å²) < 4.78 is 0. The summed E-state index contributed by atoms with van der Waals surface area (Å²) in [6.07, 6.45) is 1.70. The molecule has 0 spiro atoms. The Hall–Kier alpha value is -1.89. The molecule has 1 saturated heterocycles. The lowest BCUT2D eigenvalue weighted by molar-refractivity contribution is 0.480. The fourth-order valence-corrected chi connectivity index (χ4v) is 2.02. The van der Waals surface area contributed by atoms with Crippen molar-refractivity contribution in [2.24, 2.45) is 0 Å². The van der Waals surface area contributed by atoms with Crippen molar-refractivity contribution in [2.45, 2.75) is 13.0 Å². The number of rotatable bonds is 2. The summed E-state index contributed by atoms with van der Waals surface area (Å²) in [5.74, 6) is 1.48. The quantitative estimate of drug-likeness (QED) is 0.679. The number of nitrogens with one attached hydrogen (secondary N) is 3. The van der Waals surface area contributed by atoms with Crippen LogP contribution in [0.1, 0.15) is 6.92 Å². The van der Waals surface area contributed by atoms with E-state index in [0.717, 1.165) is 37.1 Å². The summed E-state index contributed by atoms with van der Waals surface area (Å²) in [5, 5.41) is 17.3. The van der Waals surface area contributed by atoms with Gasteiger partial charge in [0.2, 0.25) is 5.95 Å². The van der Waals surface area contributed by atoms with Crippen LogP contribution >= 0.6 is 0 Å². The lowest BCUT2D eigenvalue weighted by Gasteiger charge is -2.30. The molecule has 2 aromatic rings. The molecule has 0 radical (unpaired) electrons. The highest BCUT2D eigenvalue weighted by Gasteiger charge is 2.19. The van der Waals surface area contributed by atoms with E-state index in [1.807, 2.05) is 6.07 Å². The Morgan fingerprint density at radius 1 is 1.41 bits per heavy atom. The Labute approximate surface area is 98.6 Å². The van der Waals surface area contributed by atoms with Crippen molar-refractivity contribution in [3.63, 3.8) is 0 Å². The normalized spacial score (nSPS) is 20.8. The van der Waals surface area contributed by atoms with Gasteiger partial charge in [0.15, 0.2) is 5.82 Å². The van der Waals surface area contributed by atoms with E-state index < -0.39 is 0 Å². The third-order valence-electron chi connectivity index (χ3n) is 2.88. The SMILES string of the molecule is C[C@@H]1CN(c2n[nH]c(-c3ccn[nH]3)n2)CCN1. The van der Waals surface area contributed by atoms with Crippen LogP contribution in [0.3, 0.4) is 0 Å². The van der Waals surface area contributed by atoms with Crippen LogP contribution in [0.25, 0.3) is 11.5 Å². The smallest absolute Gasteiger partial charge is 0.245 e. The third-order valence-corrected chi connectivity index (χ3v) is 2.88. The molecule has 0 amide bonds. The van der Waals surface area contributed by atoms with Crippen LogP contribution in [-0.2, 0) is 0 Å². The van der Waals surface area contributed by atoms with Crippen LogP contribution < -0.4 is 10.2 Å². The second-order valence-corrected chi connectivity index (χ2v) is 4.26. The van der Waals surface area contributed by atoms with Crippen LogP contribution in [0.2, 0.25) is 0 Å². The molecule has 0 bridgehead atoms. The van der Waals surface area contributed by atoms with Crippen LogP contribution in [0.5, 0.6) is 0 Å². The Kier molecular flexibility index (Phi) is 2.52. The van der Waals surface area contributed by atoms with Crippen molar-refractivity contribution in [3.05, 3.63) is 12.3 Å². The maximum absolute atomic E-state index is 4.47. The molecule has 0 unspecified atom stereocenters. The minimum absolute atomic E-state index is 0.470. The van der Waals surface area contributed by atoms with Gasteiger partial charge < -0.3 is 10.2 Å².